The number of rotatable bonds is 7. The molecule has 0 spiro atoms. The smallest absolute Gasteiger partial charge is 0.261 e. The average molecular weight is 549 g/mol. The van der Waals surface area contributed by atoms with E-state index in [2.05, 4.69) is 9.62 Å². The largest absolute Gasteiger partial charge is 0.497 e. The third kappa shape index (κ3) is 5.51. The van der Waals surface area contributed by atoms with E-state index in [0.29, 0.717) is 31.9 Å². The summed E-state index contributed by atoms with van der Waals surface area (Å²) in [6.07, 6.45) is 0. The molecular weight excluding hydrogens is 520 g/mol. The fourth-order valence-electron chi connectivity index (χ4n) is 4.26. The first-order chi connectivity index (χ1) is 18.3. The van der Waals surface area contributed by atoms with E-state index in [9.17, 15) is 13.2 Å². The predicted molar refractivity (Wildman–Crippen MR) is 151 cm³/mol. The Morgan fingerprint density at radius 1 is 0.974 bits per heavy atom. The molecule has 0 atom stereocenters. The Kier molecular flexibility index (Phi) is 7.35. The summed E-state index contributed by atoms with van der Waals surface area (Å²) in [5.74, 6) is 0.212. The van der Waals surface area contributed by atoms with Gasteiger partial charge < -0.3 is 14.5 Å². The molecule has 1 amide bonds. The van der Waals surface area contributed by atoms with Crippen LogP contribution < -0.4 is 14.4 Å². The summed E-state index contributed by atoms with van der Waals surface area (Å²) in [6.45, 7) is 4.14. The standard InChI is InChI=1S/C28H28N4O4S2/c1-20-8-11-23(12-9-20)38(34,35)30-25-18-22(36-2)10-13-24(25)27(33)31-14-16-32(17-15-31)28-29-26(19-37-28)21-6-4-3-5-7-21/h3-13,18-19,30H,14-17H2,1-2H3. The molecule has 1 aliphatic heterocycles. The van der Waals surface area contributed by atoms with E-state index in [-0.39, 0.29) is 22.1 Å². The van der Waals surface area contributed by atoms with Gasteiger partial charge in [0, 0.05) is 43.2 Å². The summed E-state index contributed by atoms with van der Waals surface area (Å²) in [7, 11) is -2.40. The molecule has 1 N–H and O–H groups in total. The van der Waals surface area contributed by atoms with Gasteiger partial charge in [-0.2, -0.15) is 0 Å². The van der Waals surface area contributed by atoms with Crippen molar-refractivity contribution in [3.63, 3.8) is 0 Å². The van der Waals surface area contributed by atoms with Gasteiger partial charge in [-0.05, 0) is 31.2 Å². The highest BCUT2D eigenvalue weighted by molar-refractivity contribution is 7.92. The number of nitrogens with one attached hydrogen (secondary N) is 1. The van der Waals surface area contributed by atoms with Crippen molar-refractivity contribution < 1.29 is 17.9 Å². The number of carbonyl (C=O) groups excluding carboxylic acids is 1. The quantitative estimate of drug-likeness (QED) is 0.354. The Morgan fingerprint density at radius 2 is 1.68 bits per heavy atom. The molecule has 196 valence electrons. The van der Waals surface area contributed by atoms with E-state index in [1.807, 2.05) is 42.6 Å². The third-order valence-electron chi connectivity index (χ3n) is 6.43. The van der Waals surface area contributed by atoms with E-state index in [0.717, 1.165) is 22.0 Å². The number of piperazine rings is 1. The number of nitrogens with zero attached hydrogens (tertiary/aromatic N) is 3. The molecule has 0 aliphatic carbocycles. The van der Waals surface area contributed by atoms with Crippen LogP contribution in [0.15, 0.2) is 83.1 Å². The molecule has 1 aromatic heterocycles. The predicted octanol–water partition coefficient (Wildman–Crippen LogP) is 4.89. The highest BCUT2D eigenvalue weighted by Crippen LogP contribution is 2.30. The van der Waals surface area contributed by atoms with Crippen LogP contribution in [0.3, 0.4) is 0 Å². The number of ether oxygens (including phenoxy) is 1. The maximum absolute atomic E-state index is 13.5. The Bertz CT molecular complexity index is 1530. The SMILES string of the molecule is COc1ccc(C(=O)N2CCN(c3nc(-c4ccccc4)cs3)CC2)c(NS(=O)(=O)c2ccc(C)cc2)c1. The van der Waals surface area contributed by atoms with Crippen molar-refractivity contribution in [1.29, 1.82) is 0 Å². The van der Waals surface area contributed by atoms with Crippen LogP contribution in [0.4, 0.5) is 10.8 Å². The second-order valence-electron chi connectivity index (χ2n) is 8.99. The van der Waals surface area contributed by atoms with Crippen LogP contribution in [0.5, 0.6) is 5.75 Å². The fourth-order valence-corrected chi connectivity index (χ4v) is 6.22. The Morgan fingerprint density at radius 3 is 2.37 bits per heavy atom. The van der Waals surface area contributed by atoms with Gasteiger partial charge in [-0.15, -0.1) is 11.3 Å². The van der Waals surface area contributed by atoms with Gasteiger partial charge in [0.1, 0.15) is 5.75 Å². The summed E-state index contributed by atoms with van der Waals surface area (Å²) < 4.78 is 34.0. The van der Waals surface area contributed by atoms with Gasteiger partial charge in [0.15, 0.2) is 5.13 Å². The first kappa shape index (κ1) is 25.7. The van der Waals surface area contributed by atoms with Crippen molar-refractivity contribution in [1.82, 2.24) is 9.88 Å². The van der Waals surface area contributed by atoms with Crippen LogP contribution in [-0.4, -0.2) is 57.5 Å². The van der Waals surface area contributed by atoms with E-state index in [4.69, 9.17) is 9.72 Å². The van der Waals surface area contributed by atoms with Gasteiger partial charge in [0.25, 0.3) is 15.9 Å². The molecule has 38 heavy (non-hydrogen) atoms. The number of aryl methyl sites for hydroxylation is 1. The highest BCUT2D eigenvalue weighted by Gasteiger charge is 2.27. The van der Waals surface area contributed by atoms with Crippen molar-refractivity contribution in [2.24, 2.45) is 0 Å². The number of thiazole rings is 1. The van der Waals surface area contributed by atoms with E-state index < -0.39 is 10.0 Å². The van der Waals surface area contributed by atoms with Gasteiger partial charge in [-0.3, -0.25) is 9.52 Å². The van der Waals surface area contributed by atoms with E-state index >= 15 is 0 Å². The molecule has 1 saturated heterocycles. The van der Waals surface area contributed by atoms with Crippen molar-refractivity contribution in [3.8, 4) is 17.0 Å². The monoisotopic (exact) mass is 548 g/mol. The van der Waals surface area contributed by atoms with Crippen molar-refractivity contribution in [2.45, 2.75) is 11.8 Å². The molecular formula is C28H28N4O4S2. The second-order valence-corrected chi connectivity index (χ2v) is 11.5. The van der Waals surface area contributed by atoms with E-state index in [1.54, 1.807) is 52.6 Å². The zero-order valence-corrected chi connectivity index (χ0v) is 22.8. The molecule has 0 radical (unpaired) electrons. The summed E-state index contributed by atoms with van der Waals surface area (Å²) in [6, 6.07) is 21.4. The van der Waals surface area contributed by atoms with Crippen LogP contribution in [0.25, 0.3) is 11.3 Å². The Hall–Kier alpha value is -3.89. The Balaban J connectivity index is 1.31. The maximum atomic E-state index is 13.5. The first-order valence-corrected chi connectivity index (χ1v) is 14.5. The van der Waals surface area contributed by atoms with Crippen LogP contribution >= 0.6 is 11.3 Å². The molecule has 0 saturated carbocycles. The highest BCUT2D eigenvalue weighted by atomic mass is 32.2. The molecule has 1 fully saturated rings. The summed E-state index contributed by atoms with van der Waals surface area (Å²) in [4.78, 5) is 22.4. The van der Waals surface area contributed by atoms with Gasteiger partial charge in [0.05, 0.1) is 29.0 Å². The average Bonchev–Trinajstić information content (AvgIpc) is 3.44. The summed E-state index contributed by atoms with van der Waals surface area (Å²) in [5, 5.41) is 2.97. The van der Waals surface area contributed by atoms with E-state index in [1.165, 1.54) is 13.2 Å². The van der Waals surface area contributed by atoms with Gasteiger partial charge in [-0.25, -0.2) is 13.4 Å². The van der Waals surface area contributed by atoms with Crippen LogP contribution in [-0.2, 0) is 10.0 Å². The minimum atomic E-state index is -3.90. The summed E-state index contributed by atoms with van der Waals surface area (Å²) >= 11 is 1.59. The fraction of sp³-hybridized carbons (Fsp3) is 0.214. The second kappa shape index (κ2) is 10.8. The molecule has 8 nitrogen and oxygen atoms in total. The van der Waals surface area contributed by atoms with Gasteiger partial charge in [0.2, 0.25) is 0 Å². The molecule has 3 aromatic carbocycles. The number of anilines is 2. The minimum Gasteiger partial charge on any atom is -0.497 e. The molecule has 2 heterocycles. The number of hydrogen-bond acceptors (Lipinski definition) is 7. The summed E-state index contributed by atoms with van der Waals surface area (Å²) in [5.41, 5.74) is 3.42. The molecule has 0 bridgehead atoms. The third-order valence-corrected chi connectivity index (χ3v) is 8.71. The Labute approximate surface area is 226 Å². The van der Waals surface area contributed by atoms with Crippen molar-refractivity contribution in [3.05, 3.63) is 89.3 Å². The number of benzene rings is 3. The van der Waals surface area contributed by atoms with Crippen LogP contribution in [0.2, 0.25) is 0 Å². The zero-order chi connectivity index (χ0) is 26.7. The molecule has 4 aromatic rings. The number of carbonyl (C=O) groups is 1. The molecule has 0 unspecified atom stereocenters. The lowest BCUT2D eigenvalue weighted by Crippen LogP contribution is -2.49. The molecule has 10 heteroatoms. The number of sulfonamides is 1. The molecule has 1 aliphatic rings. The minimum absolute atomic E-state index is 0.122. The lowest BCUT2D eigenvalue weighted by molar-refractivity contribution is 0.0748. The zero-order valence-electron chi connectivity index (χ0n) is 21.1. The first-order valence-electron chi connectivity index (χ1n) is 12.2. The lowest BCUT2D eigenvalue weighted by Gasteiger charge is -2.35. The van der Waals surface area contributed by atoms with Crippen molar-refractivity contribution in [2.75, 3.05) is 42.9 Å². The van der Waals surface area contributed by atoms with Gasteiger partial charge >= 0.3 is 0 Å². The van der Waals surface area contributed by atoms with Crippen LogP contribution in [0, 0.1) is 6.92 Å². The van der Waals surface area contributed by atoms with Crippen LogP contribution in [0.1, 0.15) is 15.9 Å². The number of methoxy groups -OCH3 is 1. The number of hydrogen-bond donors (Lipinski definition) is 1. The number of amides is 1. The lowest BCUT2D eigenvalue weighted by atomic mass is 10.1. The van der Waals surface area contributed by atoms with Crippen molar-refractivity contribution >= 4 is 38.1 Å². The maximum Gasteiger partial charge on any atom is 0.261 e. The topological polar surface area (TPSA) is 91.8 Å². The molecule has 5 rings (SSSR count). The van der Waals surface area contributed by atoms with Gasteiger partial charge in [-0.1, -0.05) is 48.0 Å². The normalized spacial score (nSPS) is 13.8. The number of aromatic nitrogens is 1.